The van der Waals surface area contributed by atoms with Crippen molar-refractivity contribution in [3.8, 4) is 5.75 Å². The van der Waals surface area contributed by atoms with E-state index in [1.165, 1.54) is 12.1 Å². The van der Waals surface area contributed by atoms with Gasteiger partial charge in [0, 0.05) is 6.54 Å². The maximum absolute atomic E-state index is 13.1. The second-order valence-electron chi connectivity index (χ2n) is 4.48. The molecule has 1 N–H and O–H groups in total. The Bertz CT molecular complexity index is 528. The standard InChI is InChI=1S/C16H18FNO/c1-12-10-14(17)8-9-15(12)19-16(11-18-2)13-6-4-3-5-7-13/h3-10,16,18H,11H2,1-2H3. The zero-order valence-corrected chi connectivity index (χ0v) is 11.2. The first-order valence-corrected chi connectivity index (χ1v) is 6.33. The molecule has 0 aliphatic heterocycles. The molecule has 100 valence electrons. The summed E-state index contributed by atoms with van der Waals surface area (Å²) >= 11 is 0. The molecule has 0 heterocycles. The van der Waals surface area contributed by atoms with Crippen LogP contribution in [0.2, 0.25) is 0 Å². The van der Waals surface area contributed by atoms with Crippen molar-refractivity contribution in [1.29, 1.82) is 0 Å². The molecule has 2 aromatic rings. The molecule has 0 saturated carbocycles. The fourth-order valence-corrected chi connectivity index (χ4v) is 1.98. The number of benzene rings is 2. The van der Waals surface area contributed by atoms with Crippen LogP contribution in [0.4, 0.5) is 4.39 Å². The molecule has 3 heteroatoms. The van der Waals surface area contributed by atoms with E-state index in [1.807, 2.05) is 44.3 Å². The Morgan fingerprint density at radius 1 is 1.16 bits per heavy atom. The van der Waals surface area contributed by atoms with Gasteiger partial charge in [-0.05, 0) is 43.3 Å². The third-order valence-electron chi connectivity index (χ3n) is 2.97. The van der Waals surface area contributed by atoms with Gasteiger partial charge in [0.05, 0.1) is 0 Å². The molecule has 0 saturated heterocycles. The Kier molecular flexibility index (Phi) is 4.53. The SMILES string of the molecule is CNCC(Oc1ccc(F)cc1C)c1ccccc1. The van der Waals surface area contributed by atoms with Gasteiger partial charge in [0.2, 0.25) is 0 Å². The molecular formula is C16H18FNO. The van der Waals surface area contributed by atoms with E-state index in [0.29, 0.717) is 12.3 Å². The van der Waals surface area contributed by atoms with Gasteiger partial charge >= 0.3 is 0 Å². The first kappa shape index (κ1) is 13.6. The van der Waals surface area contributed by atoms with Gasteiger partial charge in [-0.1, -0.05) is 30.3 Å². The van der Waals surface area contributed by atoms with Crippen molar-refractivity contribution < 1.29 is 9.13 Å². The average molecular weight is 259 g/mol. The quantitative estimate of drug-likeness (QED) is 0.887. The predicted molar refractivity (Wildman–Crippen MR) is 74.9 cm³/mol. The molecule has 0 amide bonds. The van der Waals surface area contributed by atoms with Crippen LogP contribution < -0.4 is 10.1 Å². The molecule has 2 aromatic carbocycles. The average Bonchev–Trinajstić information content (AvgIpc) is 2.42. The van der Waals surface area contributed by atoms with Crippen LogP contribution in [0.25, 0.3) is 0 Å². The van der Waals surface area contributed by atoms with Crippen LogP contribution in [0, 0.1) is 12.7 Å². The van der Waals surface area contributed by atoms with E-state index < -0.39 is 0 Å². The molecule has 2 nitrogen and oxygen atoms in total. The van der Waals surface area contributed by atoms with Crippen LogP contribution in [0.3, 0.4) is 0 Å². The van der Waals surface area contributed by atoms with Crippen molar-refractivity contribution in [2.24, 2.45) is 0 Å². The number of nitrogens with one attached hydrogen (secondary N) is 1. The van der Waals surface area contributed by atoms with Crippen molar-refractivity contribution in [3.05, 3.63) is 65.5 Å². The number of ether oxygens (including phenoxy) is 1. The van der Waals surface area contributed by atoms with Crippen LogP contribution in [-0.4, -0.2) is 13.6 Å². The van der Waals surface area contributed by atoms with E-state index in [2.05, 4.69) is 5.32 Å². The van der Waals surface area contributed by atoms with Crippen LogP contribution in [0.15, 0.2) is 48.5 Å². The number of aryl methyl sites for hydroxylation is 1. The number of rotatable bonds is 5. The number of hydrogen-bond acceptors (Lipinski definition) is 2. The summed E-state index contributed by atoms with van der Waals surface area (Å²) in [7, 11) is 1.89. The minimum absolute atomic E-state index is 0.0876. The second kappa shape index (κ2) is 6.34. The Balaban J connectivity index is 2.21. The van der Waals surface area contributed by atoms with Gasteiger partial charge in [0.25, 0.3) is 0 Å². The molecule has 2 rings (SSSR count). The summed E-state index contributed by atoms with van der Waals surface area (Å²) in [6.45, 7) is 2.54. The Labute approximate surface area is 113 Å². The monoisotopic (exact) mass is 259 g/mol. The summed E-state index contributed by atoms with van der Waals surface area (Å²) < 4.78 is 19.1. The second-order valence-corrected chi connectivity index (χ2v) is 4.48. The van der Waals surface area contributed by atoms with Gasteiger partial charge in [0.15, 0.2) is 0 Å². The van der Waals surface area contributed by atoms with Gasteiger partial charge in [-0.25, -0.2) is 4.39 Å². The van der Waals surface area contributed by atoms with Crippen LogP contribution in [0.5, 0.6) is 5.75 Å². The first-order valence-electron chi connectivity index (χ1n) is 6.33. The van der Waals surface area contributed by atoms with E-state index in [9.17, 15) is 4.39 Å². The van der Waals surface area contributed by atoms with Crippen molar-refractivity contribution in [1.82, 2.24) is 5.32 Å². The smallest absolute Gasteiger partial charge is 0.136 e. The predicted octanol–water partition coefficient (Wildman–Crippen LogP) is 3.47. The van der Waals surface area contributed by atoms with E-state index in [4.69, 9.17) is 4.74 Å². The van der Waals surface area contributed by atoms with Gasteiger partial charge < -0.3 is 10.1 Å². The third-order valence-corrected chi connectivity index (χ3v) is 2.97. The van der Waals surface area contributed by atoms with Crippen molar-refractivity contribution >= 4 is 0 Å². The molecular weight excluding hydrogens is 241 g/mol. The molecule has 0 aliphatic carbocycles. The fourth-order valence-electron chi connectivity index (χ4n) is 1.98. The third kappa shape index (κ3) is 3.55. The zero-order valence-electron chi connectivity index (χ0n) is 11.2. The highest BCUT2D eigenvalue weighted by atomic mass is 19.1. The van der Waals surface area contributed by atoms with Gasteiger partial charge in [-0.3, -0.25) is 0 Å². The highest BCUT2D eigenvalue weighted by Crippen LogP contribution is 2.25. The zero-order chi connectivity index (χ0) is 13.7. The topological polar surface area (TPSA) is 21.3 Å². The highest BCUT2D eigenvalue weighted by molar-refractivity contribution is 5.33. The van der Waals surface area contributed by atoms with Crippen molar-refractivity contribution in [2.75, 3.05) is 13.6 Å². The lowest BCUT2D eigenvalue weighted by atomic mass is 10.1. The molecule has 1 unspecified atom stereocenters. The van der Waals surface area contributed by atoms with E-state index in [0.717, 1.165) is 11.1 Å². The first-order chi connectivity index (χ1) is 9.20. The van der Waals surface area contributed by atoms with E-state index in [1.54, 1.807) is 6.07 Å². The normalized spacial score (nSPS) is 12.2. The number of likely N-dealkylation sites (N-methyl/N-ethyl adjacent to an activating group) is 1. The Morgan fingerprint density at radius 2 is 1.89 bits per heavy atom. The summed E-state index contributed by atoms with van der Waals surface area (Å²) in [5, 5.41) is 3.12. The summed E-state index contributed by atoms with van der Waals surface area (Å²) in [5.41, 5.74) is 1.90. The van der Waals surface area contributed by atoms with Gasteiger partial charge in [-0.15, -0.1) is 0 Å². The summed E-state index contributed by atoms with van der Waals surface area (Å²) in [4.78, 5) is 0. The molecule has 0 radical (unpaired) electrons. The molecule has 0 spiro atoms. The van der Waals surface area contributed by atoms with Gasteiger partial charge in [-0.2, -0.15) is 0 Å². The van der Waals surface area contributed by atoms with Crippen molar-refractivity contribution in [3.63, 3.8) is 0 Å². The van der Waals surface area contributed by atoms with Crippen molar-refractivity contribution in [2.45, 2.75) is 13.0 Å². The lowest BCUT2D eigenvalue weighted by molar-refractivity contribution is 0.203. The minimum atomic E-state index is -0.241. The number of halogens is 1. The largest absolute Gasteiger partial charge is 0.484 e. The molecule has 19 heavy (non-hydrogen) atoms. The molecule has 0 fully saturated rings. The Hall–Kier alpha value is -1.87. The summed E-state index contributed by atoms with van der Waals surface area (Å²) in [6.07, 6.45) is -0.0876. The lowest BCUT2D eigenvalue weighted by Gasteiger charge is -2.20. The summed E-state index contributed by atoms with van der Waals surface area (Å²) in [6, 6.07) is 14.6. The highest BCUT2D eigenvalue weighted by Gasteiger charge is 2.13. The van der Waals surface area contributed by atoms with Gasteiger partial charge in [0.1, 0.15) is 17.7 Å². The molecule has 1 atom stereocenters. The molecule has 0 aromatic heterocycles. The lowest BCUT2D eigenvalue weighted by Crippen LogP contribution is -2.22. The fraction of sp³-hybridized carbons (Fsp3) is 0.250. The summed E-state index contributed by atoms with van der Waals surface area (Å²) in [5.74, 6) is 0.472. The van der Waals surface area contributed by atoms with Crippen LogP contribution in [0.1, 0.15) is 17.2 Å². The minimum Gasteiger partial charge on any atom is -0.484 e. The van der Waals surface area contributed by atoms with Crippen LogP contribution in [-0.2, 0) is 0 Å². The molecule has 0 aliphatic rings. The molecule has 0 bridgehead atoms. The van der Waals surface area contributed by atoms with Crippen LogP contribution >= 0.6 is 0 Å². The van der Waals surface area contributed by atoms with E-state index in [-0.39, 0.29) is 11.9 Å². The maximum Gasteiger partial charge on any atom is 0.136 e. The Morgan fingerprint density at radius 3 is 2.53 bits per heavy atom. The maximum atomic E-state index is 13.1. The number of hydrogen-bond donors (Lipinski definition) is 1. The van der Waals surface area contributed by atoms with E-state index >= 15 is 0 Å².